The molecule has 0 saturated carbocycles. The van der Waals surface area contributed by atoms with Crippen molar-refractivity contribution in [3.63, 3.8) is 0 Å². The summed E-state index contributed by atoms with van der Waals surface area (Å²) >= 11 is 0. The van der Waals surface area contributed by atoms with Gasteiger partial charge in [0.05, 0.1) is 11.9 Å². The van der Waals surface area contributed by atoms with Gasteiger partial charge in [0.25, 0.3) is 0 Å². The maximum Gasteiger partial charge on any atom is 0.242 e. The van der Waals surface area contributed by atoms with Crippen molar-refractivity contribution >= 4 is 5.91 Å². The molecule has 1 heterocycles. The largest absolute Gasteiger partial charge is 0.368 e. The average molecular weight is 183 g/mol. The molecule has 6 heteroatoms. The molecule has 1 aromatic heterocycles. The van der Waals surface area contributed by atoms with E-state index in [1.807, 2.05) is 6.92 Å². The number of carbonyl (C=O) groups excluding carboxylic acids is 1. The summed E-state index contributed by atoms with van der Waals surface area (Å²) in [5, 5.41) is 7.53. The molecule has 6 nitrogen and oxygen atoms in total. The molecule has 0 aliphatic carbocycles. The zero-order valence-electron chi connectivity index (χ0n) is 7.47. The zero-order chi connectivity index (χ0) is 9.84. The van der Waals surface area contributed by atoms with Crippen molar-refractivity contribution in [2.45, 2.75) is 25.9 Å². The van der Waals surface area contributed by atoms with Gasteiger partial charge in [0, 0.05) is 6.54 Å². The summed E-state index contributed by atoms with van der Waals surface area (Å²) < 4.78 is 1.45. The predicted molar refractivity (Wildman–Crippen MR) is 46.4 cm³/mol. The fourth-order valence-electron chi connectivity index (χ4n) is 1.08. The zero-order valence-corrected chi connectivity index (χ0v) is 7.47. The van der Waals surface area contributed by atoms with E-state index >= 15 is 0 Å². The lowest BCUT2D eigenvalue weighted by Gasteiger charge is -2.09. The number of nitrogens with zero attached hydrogens (tertiary/aromatic N) is 3. The molecule has 0 aliphatic heterocycles. The van der Waals surface area contributed by atoms with Gasteiger partial charge in [-0.25, -0.2) is 4.68 Å². The van der Waals surface area contributed by atoms with Crippen molar-refractivity contribution in [1.82, 2.24) is 15.0 Å². The van der Waals surface area contributed by atoms with Crippen LogP contribution < -0.4 is 11.5 Å². The highest BCUT2D eigenvalue weighted by Crippen LogP contribution is 2.08. The number of aromatic nitrogens is 3. The molecule has 1 unspecified atom stereocenters. The standard InChI is InChI=1S/C7H13N5O/c1-2-6(7(9)13)12-4-5(3-8)10-11-12/h4,6H,2-3,8H2,1H3,(H2,9,13). The van der Waals surface area contributed by atoms with Crippen LogP contribution in [0.25, 0.3) is 0 Å². The lowest BCUT2D eigenvalue weighted by Crippen LogP contribution is -2.26. The molecule has 13 heavy (non-hydrogen) atoms. The van der Waals surface area contributed by atoms with Crippen molar-refractivity contribution in [1.29, 1.82) is 0 Å². The third-order valence-electron chi connectivity index (χ3n) is 1.80. The van der Waals surface area contributed by atoms with Gasteiger partial charge in [-0.1, -0.05) is 12.1 Å². The Hall–Kier alpha value is -1.43. The molecule has 0 spiro atoms. The van der Waals surface area contributed by atoms with Crippen LogP contribution in [0, 0.1) is 0 Å². The Labute approximate surface area is 75.9 Å². The quantitative estimate of drug-likeness (QED) is 0.636. The number of carbonyl (C=O) groups is 1. The number of hydrogen-bond acceptors (Lipinski definition) is 4. The van der Waals surface area contributed by atoms with Gasteiger partial charge < -0.3 is 11.5 Å². The first-order chi connectivity index (χ1) is 6.19. The van der Waals surface area contributed by atoms with Gasteiger partial charge in [-0.2, -0.15) is 0 Å². The summed E-state index contributed by atoms with van der Waals surface area (Å²) in [7, 11) is 0. The molecule has 0 saturated heterocycles. The number of amides is 1. The van der Waals surface area contributed by atoms with Crippen molar-refractivity contribution in [2.24, 2.45) is 11.5 Å². The predicted octanol–water partition coefficient (Wildman–Crippen LogP) is -0.827. The van der Waals surface area contributed by atoms with Crippen molar-refractivity contribution < 1.29 is 4.79 Å². The van der Waals surface area contributed by atoms with Crippen LogP contribution in [0.15, 0.2) is 6.20 Å². The molecular formula is C7H13N5O. The molecular weight excluding hydrogens is 170 g/mol. The third kappa shape index (κ3) is 2.03. The molecule has 0 fully saturated rings. The van der Waals surface area contributed by atoms with Crippen LogP contribution in [-0.4, -0.2) is 20.9 Å². The van der Waals surface area contributed by atoms with E-state index in [0.29, 0.717) is 18.7 Å². The van der Waals surface area contributed by atoms with E-state index in [9.17, 15) is 4.79 Å². The van der Waals surface area contributed by atoms with Gasteiger partial charge in [-0.3, -0.25) is 4.79 Å². The van der Waals surface area contributed by atoms with Crippen LogP contribution in [-0.2, 0) is 11.3 Å². The fraction of sp³-hybridized carbons (Fsp3) is 0.571. The lowest BCUT2D eigenvalue weighted by molar-refractivity contribution is -0.121. The molecule has 0 radical (unpaired) electrons. The Bertz CT molecular complexity index is 295. The van der Waals surface area contributed by atoms with Crippen LogP contribution in [0.5, 0.6) is 0 Å². The SMILES string of the molecule is CCC(C(N)=O)n1cc(CN)nn1. The monoisotopic (exact) mass is 183 g/mol. The van der Waals surface area contributed by atoms with E-state index in [1.54, 1.807) is 6.20 Å². The van der Waals surface area contributed by atoms with Gasteiger partial charge in [0.15, 0.2) is 0 Å². The minimum absolute atomic E-state index is 0.315. The van der Waals surface area contributed by atoms with Gasteiger partial charge >= 0.3 is 0 Å². The minimum atomic E-state index is -0.423. The van der Waals surface area contributed by atoms with Crippen LogP contribution in [0.2, 0.25) is 0 Å². The van der Waals surface area contributed by atoms with E-state index in [2.05, 4.69) is 10.3 Å². The van der Waals surface area contributed by atoms with Crippen LogP contribution in [0.4, 0.5) is 0 Å². The van der Waals surface area contributed by atoms with Gasteiger partial charge in [-0.15, -0.1) is 5.10 Å². The summed E-state index contributed by atoms with van der Waals surface area (Å²) in [6.07, 6.45) is 2.24. The first-order valence-corrected chi connectivity index (χ1v) is 4.09. The molecule has 0 aromatic carbocycles. The molecule has 1 aromatic rings. The molecule has 0 aliphatic rings. The average Bonchev–Trinajstić information content (AvgIpc) is 2.53. The van der Waals surface area contributed by atoms with E-state index < -0.39 is 11.9 Å². The summed E-state index contributed by atoms with van der Waals surface area (Å²) in [5.41, 5.74) is 11.2. The number of hydrogen-bond donors (Lipinski definition) is 2. The minimum Gasteiger partial charge on any atom is -0.368 e. The summed E-state index contributed by atoms with van der Waals surface area (Å²) in [4.78, 5) is 10.9. The first-order valence-electron chi connectivity index (χ1n) is 4.09. The summed E-state index contributed by atoms with van der Waals surface area (Å²) in [6, 6.07) is -0.423. The lowest BCUT2D eigenvalue weighted by atomic mass is 10.2. The molecule has 1 rings (SSSR count). The molecule has 72 valence electrons. The Morgan fingerprint density at radius 3 is 2.85 bits per heavy atom. The molecule has 4 N–H and O–H groups in total. The number of nitrogens with two attached hydrogens (primary N) is 2. The fourth-order valence-corrected chi connectivity index (χ4v) is 1.08. The van der Waals surface area contributed by atoms with E-state index in [0.717, 1.165) is 0 Å². The first kappa shape index (κ1) is 9.66. The summed E-state index contributed by atoms with van der Waals surface area (Å²) in [5.74, 6) is -0.407. The maximum absolute atomic E-state index is 10.9. The Balaban J connectivity index is 2.85. The van der Waals surface area contributed by atoms with Crippen molar-refractivity contribution in [3.05, 3.63) is 11.9 Å². The maximum atomic E-state index is 10.9. The molecule has 1 atom stereocenters. The smallest absolute Gasteiger partial charge is 0.242 e. The van der Waals surface area contributed by atoms with Crippen molar-refractivity contribution in [2.75, 3.05) is 0 Å². The Morgan fingerprint density at radius 2 is 2.46 bits per heavy atom. The second kappa shape index (κ2) is 3.99. The van der Waals surface area contributed by atoms with E-state index in [1.165, 1.54) is 4.68 Å². The van der Waals surface area contributed by atoms with Crippen LogP contribution >= 0.6 is 0 Å². The topological polar surface area (TPSA) is 99.8 Å². The van der Waals surface area contributed by atoms with Gasteiger partial charge in [-0.05, 0) is 6.42 Å². The normalized spacial score (nSPS) is 12.8. The second-order valence-corrected chi connectivity index (χ2v) is 2.72. The Morgan fingerprint density at radius 1 is 1.77 bits per heavy atom. The van der Waals surface area contributed by atoms with Gasteiger partial charge in [0.1, 0.15) is 6.04 Å². The van der Waals surface area contributed by atoms with Crippen LogP contribution in [0.1, 0.15) is 25.1 Å². The molecule has 0 bridgehead atoms. The van der Waals surface area contributed by atoms with Gasteiger partial charge in [0.2, 0.25) is 5.91 Å². The molecule has 1 amide bonds. The van der Waals surface area contributed by atoms with Crippen molar-refractivity contribution in [3.8, 4) is 0 Å². The van der Waals surface area contributed by atoms with E-state index in [-0.39, 0.29) is 0 Å². The highest BCUT2D eigenvalue weighted by molar-refractivity contribution is 5.78. The number of rotatable bonds is 4. The highest BCUT2D eigenvalue weighted by Gasteiger charge is 2.16. The third-order valence-corrected chi connectivity index (χ3v) is 1.80. The van der Waals surface area contributed by atoms with Crippen LogP contribution in [0.3, 0.4) is 0 Å². The van der Waals surface area contributed by atoms with E-state index in [4.69, 9.17) is 11.5 Å². The second-order valence-electron chi connectivity index (χ2n) is 2.72. The Kier molecular flexibility index (Phi) is 2.97. The summed E-state index contributed by atoms with van der Waals surface area (Å²) in [6.45, 7) is 2.18. The number of primary amides is 1. The highest BCUT2D eigenvalue weighted by atomic mass is 16.1.